The molecule has 2 heteroatoms. The minimum atomic E-state index is 0.418. The van der Waals surface area contributed by atoms with Crippen LogP contribution in [-0.4, -0.2) is 10.5 Å². The molecule has 0 amide bonds. The fourth-order valence-electron chi connectivity index (χ4n) is 1.92. The Hall–Kier alpha value is -0.620. The Morgan fingerprint density at radius 2 is 1.75 bits per heavy atom. The zero-order valence-corrected chi connectivity index (χ0v) is 8.30. The van der Waals surface area contributed by atoms with Crippen LogP contribution in [-0.2, 0) is 0 Å². The SMILES string of the molecule is CC(C)(C)C1CCC(=[N+]=[N-])CC1. The van der Waals surface area contributed by atoms with Crippen LogP contribution in [0.2, 0.25) is 0 Å². The minimum Gasteiger partial charge on any atom is -0.362 e. The molecule has 0 radical (unpaired) electrons. The summed E-state index contributed by atoms with van der Waals surface area (Å²) in [5.74, 6) is 0.794. The average molecular weight is 166 g/mol. The topological polar surface area (TPSA) is 36.4 Å². The van der Waals surface area contributed by atoms with Crippen LogP contribution in [0.1, 0.15) is 46.5 Å². The van der Waals surface area contributed by atoms with Gasteiger partial charge in [0.15, 0.2) is 0 Å². The third-order valence-corrected chi connectivity index (χ3v) is 2.93. The van der Waals surface area contributed by atoms with Gasteiger partial charge in [0.2, 0.25) is 0 Å². The Balaban J connectivity index is 2.52. The fraction of sp³-hybridized carbons (Fsp3) is 0.900. The first-order valence-electron chi connectivity index (χ1n) is 4.74. The molecular weight excluding hydrogens is 148 g/mol. The molecule has 0 aromatic rings. The van der Waals surface area contributed by atoms with Crippen molar-refractivity contribution in [2.45, 2.75) is 46.5 Å². The van der Waals surface area contributed by atoms with E-state index in [0.29, 0.717) is 5.41 Å². The Bertz CT molecular complexity index is 196. The van der Waals surface area contributed by atoms with Gasteiger partial charge < -0.3 is 5.53 Å². The van der Waals surface area contributed by atoms with Crippen molar-refractivity contribution < 1.29 is 4.79 Å². The molecule has 1 aliphatic carbocycles. The fourth-order valence-corrected chi connectivity index (χ4v) is 1.92. The van der Waals surface area contributed by atoms with Crippen LogP contribution in [0.4, 0.5) is 0 Å². The molecule has 0 spiro atoms. The van der Waals surface area contributed by atoms with Crippen LogP contribution in [0, 0.1) is 11.3 Å². The summed E-state index contributed by atoms with van der Waals surface area (Å²) < 4.78 is 0. The van der Waals surface area contributed by atoms with Crippen molar-refractivity contribution in [2.24, 2.45) is 11.3 Å². The summed E-state index contributed by atoms with van der Waals surface area (Å²) in [7, 11) is 0. The van der Waals surface area contributed by atoms with E-state index in [0.717, 1.165) is 24.5 Å². The van der Waals surface area contributed by atoms with Gasteiger partial charge in [-0.3, -0.25) is 0 Å². The molecule has 1 saturated carbocycles. The van der Waals surface area contributed by atoms with Crippen molar-refractivity contribution >= 4 is 5.71 Å². The smallest absolute Gasteiger partial charge is 0.268 e. The molecule has 0 aromatic carbocycles. The van der Waals surface area contributed by atoms with Gasteiger partial charge in [0.05, 0.1) is 0 Å². The third kappa shape index (κ3) is 2.18. The number of hydrogen-bond acceptors (Lipinski definition) is 0. The molecule has 1 rings (SSSR count). The molecule has 1 fully saturated rings. The predicted octanol–water partition coefficient (Wildman–Crippen LogP) is 2.89. The van der Waals surface area contributed by atoms with Crippen molar-refractivity contribution in [3.63, 3.8) is 0 Å². The van der Waals surface area contributed by atoms with Crippen molar-refractivity contribution in [1.29, 1.82) is 0 Å². The van der Waals surface area contributed by atoms with Crippen LogP contribution in [0.25, 0.3) is 5.53 Å². The second kappa shape index (κ2) is 3.40. The first kappa shape index (κ1) is 9.47. The zero-order valence-electron chi connectivity index (χ0n) is 8.30. The second-order valence-electron chi connectivity index (χ2n) is 4.81. The Morgan fingerprint density at radius 1 is 1.25 bits per heavy atom. The number of rotatable bonds is 0. The van der Waals surface area contributed by atoms with Crippen LogP contribution in [0.3, 0.4) is 0 Å². The number of nitrogens with zero attached hydrogens (tertiary/aromatic N) is 2. The standard InChI is InChI=1S/C10H18N2/c1-10(2,3)8-4-6-9(12-11)7-5-8/h8H,4-7H2,1-3H3. The molecule has 0 heterocycles. The van der Waals surface area contributed by atoms with Gasteiger partial charge in [-0.05, 0) is 24.2 Å². The molecule has 0 N–H and O–H groups in total. The van der Waals surface area contributed by atoms with E-state index >= 15 is 0 Å². The Kier molecular flexibility index (Phi) is 2.69. The van der Waals surface area contributed by atoms with Gasteiger partial charge in [0, 0.05) is 12.8 Å². The molecule has 1 aliphatic rings. The highest BCUT2D eigenvalue weighted by Crippen LogP contribution is 2.36. The summed E-state index contributed by atoms with van der Waals surface area (Å²) in [4.78, 5) is 3.28. The van der Waals surface area contributed by atoms with E-state index < -0.39 is 0 Å². The maximum Gasteiger partial charge on any atom is 0.268 e. The van der Waals surface area contributed by atoms with Crippen molar-refractivity contribution in [3.8, 4) is 0 Å². The van der Waals surface area contributed by atoms with Crippen LogP contribution >= 0.6 is 0 Å². The normalized spacial score (nSPS) is 25.2. The van der Waals surface area contributed by atoms with Crippen molar-refractivity contribution in [2.75, 3.05) is 0 Å². The lowest BCUT2D eigenvalue weighted by Crippen LogP contribution is -2.26. The van der Waals surface area contributed by atoms with Crippen molar-refractivity contribution in [3.05, 3.63) is 5.53 Å². The molecular formula is C10H18N2. The summed E-state index contributed by atoms with van der Waals surface area (Å²) >= 11 is 0. The highest BCUT2D eigenvalue weighted by molar-refractivity contribution is 5.79. The van der Waals surface area contributed by atoms with E-state index in [4.69, 9.17) is 5.53 Å². The minimum absolute atomic E-state index is 0.418. The quantitative estimate of drug-likeness (QED) is 0.392. The van der Waals surface area contributed by atoms with E-state index in [1.165, 1.54) is 12.8 Å². The van der Waals surface area contributed by atoms with Gasteiger partial charge >= 0.3 is 0 Å². The van der Waals surface area contributed by atoms with E-state index in [2.05, 4.69) is 25.6 Å². The lowest BCUT2D eigenvalue weighted by molar-refractivity contribution is -0.0161. The largest absolute Gasteiger partial charge is 0.362 e. The molecule has 0 atom stereocenters. The molecule has 2 nitrogen and oxygen atoms in total. The average Bonchev–Trinajstić information content (AvgIpc) is 2.03. The predicted molar refractivity (Wildman–Crippen MR) is 50.0 cm³/mol. The molecule has 12 heavy (non-hydrogen) atoms. The molecule has 0 aromatic heterocycles. The second-order valence-corrected chi connectivity index (χ2v) is 4.81. The van der Waals surface area contributed by atoms with Gasteiger partial charge in [-0.25, -0.2) is 0 Å². The zero-order chi connectivity index (χ0) is 9.19. The number of hydrogen-bond donors (Lipinski definition) is 0. The summed E-state index contributed by atoms with van der Waals surface area (Å²) in [6.45, 7) is 6.87. The van der Waals surface area contributed by atoms with Crippen LogP contribution in [0.5, 0.6) is 0 Å². The highest BCUT2D eigenvalue weighted by Gasteiger charge is 2.30. The van der Waals surface area contributed by atoms with Gasteiger partial charge in [-0.2, -0.15) is 4.79 Å². The van der Waals surface area contributed by atoms with Crippen LogP contribution in [0.15, 0.2) is 0 Å². The van der Waals surface area contributed by atoms with E-state index in [-0.39, 0.29) is 0 Å². The Morgan fingerprint density at radius 3 is 2.08 bits per heavy atom. The highest BCUT2D eigenvalue weighted by atomic mass is 14.9. The summed E-state index contributed by atoms with van der Waals surface area (Å²) in [6, 6.07) is 0. The maximum atomic E-state index is 8.57. The van der Waals surface area contributed by atoms with E-state index in [9.17, 15) is 0 Å². The monoisotopic (exact) mass is 166 g/mol. The molecule has 0 bridgehead atoms. The molecule has 0 saturated heterocycles. The van der Waals surface area contributed by atoms with E-state index in [1.54, 1.807) is 0 Å². The lowest BCUT2D eigenvalue weighted by atomic mass is 9.72. The van der Waals surface area contributed by atoms with Crippen LogP contribution < -0.4 is 0 Å². The lowest BCUT2D eigenvalue weighted by Gasteiger charge is -2.32. The molecule has 0 aliphatic heterocycles. The first-order valence-corrected chi connectivity index (χ1v) is 4.74. The van der Waals surface area contributed by atoms with E-state index in [1.807, 2.05) is 0 Å². The summed E-state index contributed by atoms with van der Waals surface area (Å²) in [5.41, 5.74) is 9.97. The van der Waals surface area contributed by atoms with Gasteiger partial charge in [0.1, 0.15) is 0 Å². The Labute approximate surface area is 74.6 Å². The maximum absolute atomic E-state index is 8.57. The first-order chi connectivity index (χ1) is 5.54. The molecule has 0 unspecified atom stereocenters. The van der Waals surface area contributed by atoms with Gasteiger partial charge in [-0.15, -0.1) is 0 Å². The summed E-state index contributed by atoms with van der Waals surface area (Å²) in [5, 5.41) is 0. The van der Waals surface area contributed by atoms with Gasteiger partial charge in [0.25, 0.3) is 5.71 Å². The third-order valence-electron chi connectivity index (χ3n) is 2.93. The van der Waals surface area contributed by atoms with Gasteiger partial charge in [-0.1, -0.05) is 20.8 Å². The molecule has 68 valence electrons. The van der Waals surface area contributed by atoms with Crippen molar-refractivity contribution in [1.82, 2.24) is 0 Å². The summed E-state index contributed by atoms with van der Waals surface area (Å²) in [6.07, 6.45) is 4.34.